The summed E-state index contributed by atoms with van der Waals surface area (Å²) in [5.74, 6) is -0.173. The molecule has 1 radical (unpaired) electrons. The fourth-order valence-corrected chi connectivity index (χ4v) is 4.39. The van der Waals surface area contributed by atoms with Crippen molar-refractivity contribution < 1.29 is 17.2 Å². The molecule has 1 atom stereocenters. The van der Waals surface area contributed by atoms with Crippen LogP contribution in [0.15, 0.2) is 35.5 Å². The first-order valence-corrected chi connectivity index (χ1v) is 11.6. The summed E-state index contributed by atoms with van der Waals surface area (Å²) in [6.07, 6.45) is 5.27. The second-order valence-electron chi connectivity index (χ2n) is 8.56. The summed E-state index contributed by atoms with van der Waals surface area (Å²) in [6, 6.07) is 8.00. The average molecular weight is 452 g/mol. The van der Waals surface area contributed by atoms with E-state index < -0.39 is 0 Å². The first kappa shape index (κ1) is 23.1. The van der Waals surface area contributed by atoms with Crippen molar-refractivity contribution in [3.8, 4) is 0 Å². The summed E-state index contributed by atoms with van der Waals surface area (Å²) in [4.78, 5) is 37.0. The number of aryl methyl sites for hydroxylation is 3. The number of hydrogen-bond donors (Lipinski definition) is 1. The minimum absolute atomic E-state index is 0. The van der Waals surface area contributed by atoms with Gasteiger partial charge in [-0.1, -0.05) is 25.1 Å². The van der Waals surface area contributed by atoms with E-state index in [0.717, 1.165) is 33.8 Å². The van der Waals surface area contributed by atoms with Crippen molar-refractivity contribution >= 4 is 17.9 Å². The Balaban J connectivity index is 0.00000216. The molecule has 1 saturated heterocycles. The van der Waals surface area contributed by atoms with Crippen LogP contribution in [0.5, 0.6) is 0 Å². The Morgan fingerprint density at radius 3 is 2.70 bits per heavy atom. The van der Waals surface area contributed by atoms with Gasteiger partial charge in [-0.15, -0.1) is 0 Å². The molecule has 177 valence electrons. The molecule has 1 fully saturated rings. The van der Waals surface area contributed by atoms with Gasteiger partial charge in [0, 0.05) is 33.8 Å². The van der Waals surface area contributed by atoms with Crippen molar-refractivity contribution in [3.05, 3.63) is 69.5 Å². The van der Waals surface area contributed by atoms with E-state index >= 15 is 0 Å². The van der Waals surface area contributed by atoms with Crippen molar-refractivity contribution in [1.82, 2.24) is 15.2 Å². The molecule has 0 saturated carbocycles. The molecule has 0 aliphatic carbocycles. The molecule has 2 aromatic rings. The highest BCUT2D eigenvalue weighted by molar-refractivity contribution is 5.98. The highest BCUT2D eigenvalue weighted by Crippen LogP contribution is 2.22. The average Bonchev–Trinajstić information content (AvgIpc) is 3.29. The molecule has 2 aliphatic rings. The van der Waals surface area contributed by atoms with E-state index in [2.05, 4.69) is 28.3 Å². The van der Waals surface area contributed by atoms with Crippen molar-refractivity contribution in [2.45, 2.75) is 46.1 Å². The van der Waals surface area contributed by atoms with Crippen LogP contribution in [0, 0.1) is 19.9 Å². The molecular weight excluding hydrogens is 416 g/mol. The molecule has 3 heterocycles. The van der Waals surface area contributed by atoms with Crippen LogP contribution in [0.1, 0.15) is 51.0 Å². The quantitative estimate of drug-likeness (QED) is 0.700. The van der Waals surface area contributed by atoms with Gasteiger partial charge >= 0.3 is 0 Å². The van der Waals surface area contributed by atoms with Gasteiger partial charge in [-0.2, -0.15) is 0 Å². The van der Waals surface area contributed by atoms with E-state index in [1.165, 1.54) is 5.56 Å². The number of pyridine rings is 1. The third-order valence-electron chi connectivity index (χ3n) is 6.33. The molecule has 2 amide bonds. The molecule has 7 nitrogen and oxygen atoms in total. The highest BCUT2D eigenvalue weighted by atomic mass is 16.5. The predicted molar refractivity (Wildman–Crippen MR) is 130 cm³/mol. The van der Waals surface area contributed by atoms with Crippen LogP contribution in [-0.2, 0) is 20.7 Å². The molecular formula is C26H35N4O3. The van der Waals surface area contributed by atoms with E-state index in [-0.39, 0.29) is 20.7 Å². The summed E-state index contributed by atoms with van der Waals surface area (Å²) in [6.45, 7) is 8.44. The summed E-state index contributed by atoms with van der Waals surface area (Å²) in [5.41, 5.74) is 3.98. The number of nitrogens with one attached hydrogen (secondary N) is 1. The van der Waals surface area contributed by atoms with E-state index in [1.807, 2.05) is 43.0 Å². The summed E-state index contributed by atoms with van der Waals surface area (Å²) >= 11 is 0. The van der Waals surface area contributed by atoms with Crippen molar-refractivity contribution in [2.75, 3.05) is 26.3 Å². The zero-order chi connectivity index (χ0) is 23.4. The smallest absolute Gasteiger partial charge is 0.255 e. The Morgan fingerprint density at radius 2 is 1.97 bits per heavy atom. The third kappa shape index (κ3) is 5.14. The summed E-state index contributed by atoms with van der Waals surface area (Å²) in [7, 11) is 0. The van der Waals surface area contributed by atoms with E-state index in [0.29, 0.717) is 45.2 Å². The second kappa shape index (κ2) is 10.3. The van der Waals surface area contributed by atoms with Gasteiger partial charge in [0.15, 0.2) is 6.04 Å². The Bertz CT molecular complexity index is 1170. The minimum atomic E-state index is -0.379. The predicted octanol–water partition coefficient (Wildman–Crippen LogP) is 2.20. The Kier molecular flexibility index (Phi) is 7.18. The van der Waals surface area contributed by atoms with Crippen LogP contribution in [0.3, 0.4) is 0 Å². The number of benzene rings is 1. The van der Waals surface area contributed by atoms with Crippen LogP contribution in [0.2, 0.25) is 0 Å². The zero-order valence-electron chi connectivity index (χ0n) is 19.6. The molecule has 0 bridgehead atoms. The second-order valence-corrected chi connectivity index (χ2v) is 8.56. The van der Waals surface area contributed by atoms with Gasteiger partial charge in [-0.25, -0.2) is 0 Å². The maximum absolute atomic E-state index is 13.3. The Labute approximate surface area is 197 Å². The number of hydrogen-bond acceptors (Lipinski definition) is 5. The molecule has 1 aromatic heterocycles. The van der Waals surface area contributed by atoms with Crippen LogP contribution in [0.25, 0.3) is 6.08 Å². The Morgan fingerprint density at radius 1 is 1.18 bits per heavy atom. The fourth-order valence-electron chi connectivity index (χ4n) is 4.39. The van der Waals surface area contributed by atoms with Gasteiger partial charge in [0.05, 0.1) is 30.3 Å². The standard InChI is InChI=1S/C26H31N4O3.2H2/c1-4-19-8-7-18(3)24-20(19)16-22(28-24)26(32)29-21(25-17(2)6-5-11-27-25)9-10-23(31)30-12-14-33-15-13-30;;/h5-8,11,16,21H,4,9-10,12-15H2,1-3H3,(H,29,32);2*1H. The van der Waals surface area contributed by atoms with E-state index in [9.17, 15) is 9.59 Å². The third-order valence-corrected chi connectivity index (χ3v) is 6.33. The van der Waals surface area contributed by atoms with Gasteiger partial charge in [0.1, 0.15) is 0 Å². The van der Waals surface area contributed by atoms with Gasteiger partial charge < -0.3 is 15.0 Å². The first-order valence-electron chi connectivity index (χ1n) is 11.6. The van der Waals surface area contributed by atoms with Crippen molar-refractivity contribution in [2.24, 2.45) is 4.99 Å². The summed E-state index contributed by atoms with van der Waals surface area (Å²) in [5, 5.41) is 5.00. The Hall–Kier alpha value is -3.06. The monoisotopic (exact) mass is 451 g/mol. The molecule has 2 aliphatic heterocycles. The lowest BCUT2D eigenvalue weighted by molar-refractivity contribution is -0.135. The maximum atomic E-state index is 13.3. The number of carbonyl (C=O) groups excluding carboxylic acids is 2. The fraction of sp³-hybridized carbons (Fsp3) is 0.423. The molecule has 1 N–H and O–H groups in total. The largest absolute Gasteiger partial charge is 0.378 e. The topological polar surface area (TPSA) is 83.9 Å². The number of morpholine rings is 1. The van der Waals surface area contributed by atoms with Crippen molar-refractivity contribution in [3.63, 3.8) is 0 Å². The maximum Gasteiger partial charge on any atom is 0.255 e. The van der Waals surface area contributed by atoms with Crippen molar-refractivity contribution in [1.29, 1.82) is 0 Å². The minimum Gasteiger partial charge on any atom is -0.378 e. The molecule has 4 rings (SSSR count). The molecule has 7 heteroatoms. The van der Waals surface area contributed by atoms with Crippen LogP contribution in [-0.4, -0.2) is 48.0 Å². The lowest BCUT2D eigenvalue weighted by Gasteiger charge is -2.28. The number of aromatic nitrogens is 1. The summed E-state index contributed by atoms with van der Waals surface area (Å²) < 4.78 is 5.34. The highest BCUT2D eigenvalue weighted by Gasteiger charge is 2.27. The first-order chi connectivity index (χ1) is 16.0. The van der Waals surface area contributed by atoms with Gasteiger partial charge in [-0.3, -0.25) is 19.6 Å². The normalized spacial score (nSPS) is 16.5. The molecule has 1 aromatic carbocycles. The molecule has 0 spiro atoms. The number of amides is 2. The van der Waals surface area contributed by atoms with E-state index in [1.54, 1.807) is 6.20 Å². The van der Waals surface area contributed by atoms with Gasteiger partial charge in [-0.05, 0) is 55.5 Å². The lowest BCUT2D eigenvalue weighted by Crippen LogP contribution is -2.41. The lowest BCUT2D eigenvalue weighted by atomic mass is 10.0. The number of nitrogens with zero attached hydrogens (tertiary/aromatic N) is 3. The number of carbonyl (C=O) groups is 2. The van der Waals surface area contributed by atoms with Gasteiger partial charge in [0.25, 0.3) is 5.91 Å². The van der Waals surface area contributed by atoms with E-state index in [4.69, 9.17) is 4.74 Å². The number of rotatable bonds is 7. The zero-order valence-corrected chi connectivity index (χ0v) is 19.6. The van der Waals surface area contributed by atoms with Crippen LogP contribution >= 0.6 is 0 Å². The van der Waals surface area contributed by atoms with Crippen LogP contribution in [0.4, 0.5) is 0 Å². The number of fused-ring (bicyclic) bond motifs is 1. The molecule has 33 heavy (non-hydrogen) atoms. The SMILES string of the molecule is CCc1ccc(C)c2c1=C[C](C(=O)NC(CCC(=O)N1CCOCC1)c1ncccc1C)N=2.[HH].[HH]. The van der Waals surface area contributed by atoms with Gasteiger partial charge in [0.2, 0.25) is 5.91 Å². The molecule has 1 unspecified atom stereocenters. The van der Waals surface area contributed by atoms with Crippen LogP contribution < -0.4 is 15.9 Å². The number of ether oxygens (including phenoxy) is 1.